The Hall–Kier alpha value is -0.930. The topological polar surface area (TPSA) is 28.2 Å². The van der Waals surface area contributed by atoms with Crippen molar-refractivity contribution in [2.24, 2.45) is 0 Å². The molecule has 0 atom stereocenters. The van der Waals surface area contributed by atoms with Crippen LogP contribution in [0.15, 0.2) is 18.2 Å². The molecule has 1 fully saturated rings. The fourth-order valence-corrected chi connectivity index (χ4v) is 2.99. The van der Waals surface area contributed by atoms with E-state index in [1.807, 2.05) is 0 Å². The van der Waals surface area contributed by atoms with Crippen LogP contribution in [-0.4, -0.2) is 35.1 Å². The number of pyridine rings is 1. The van der Waals surface area contributed by atoms with Crippen LogP contribution in [0.5, 0.6) is 0 Å². The fourth-order valence-electron chi connectivity index (χ4n) is 2.99. The molecule has 3 heteroatoms. The van der Waals surface area contributed by atoms with Crippen molar-refractivity contribution in [2.75, 3.05) is 19.6 Å². The Morgan fingerprint density at radius 2 is 2.11 bits per heavy atom. The Morgan fingerprint density at radius 1 is 1.32 bits per heavy atom. The van der Waals surface area contributed by atoms with Crippen molar-refractivity contribution in [3.63, 3.8) is 0 Å². The number of rotatable bonds is 4. The van der Waals surface area contributed by atoms with Gasteiger partial charge in [0.15, 0.2) is 0 Å². The Bertz CT molecular complexity index is 399. The van der Waals surface area contributed by atoms with Gasteiger partial charge in [-0.2, -0.15) is 0 Å². The third kappa shape index (κ3) is 3.77. The van der Waals surface area contributed by atoms with Gasteiger partial charge >= 0.3 is 0 Å². The van der Waals surface area contributed by atoms with Gasteiger partial charge in [-0.1, -0.05) is 19.9 Å². The Morgan fingerprint density at radius 3 is 2.79 bits per heavy atom. The maximum atomic E-state index is 4.64. The van der Waals surface area contributed by atoms with Crippen molar-refractivity contribution >= 4 is 0 Å². The van der Waals surface area contributed by atoms with Crippen LogP contribution in [-0.2, 0) is 6.54 Å². The highest BCUT2D eigenvalue weighted by molar-refractivity contribution is 5.10. The Kier molecular flexibility index (Phi) is 4.94. The molecule has 0 aliphatic carbocycles. The summed E-state index contributed by atoms with van der Waals surface area (Å²) in [6.07, 6.45) is 3.62. The number of aryl methyl sites for hydroxylation is 1. The van der Waals surface area contributed by atoms with Gasteiger partial charge in [-0.05, 0) is 51.4 Å². The van der Waals surface area contributed by atoms with Gasteiger partial charge in [0.05, 0.1) is 5.69 Å². The van der Waals surface area contributed by atoms with Crippen LogP contribution in [0.4, 0.5) is 0 Å². The maximum absolute atomic E-state index is 4.64. The molecule has 0 radical (unpaired) electrons. The van der Waals surface area contributed by atoms with Gasteiger partial charge in [-0.15, -0.1) is 0 Å². The first-order chi connectivity index (χ1) is 9.17. The van der Waals surface area contributed by atoms with E-state index in [0.717, 1.165) is 25.3 Å². The highest BCUT2D eigenvalue weighted by Crippen LogP contribution is 2.20. The number of hydrogen-bond acceptors (Lipinski definition) is 3. The molecule has 1 aromatic heterocycles. The zero-order chi connectivity index (χ0) is 13.7. The molecule has 106 valence electrons. The van der Waals surface area contributed by atoms with E-state index in [-0.39, 0.29) is 0 Å². The summed E-state index contributed by atoms with van der Waals surface area (Å²) in [6.45, 7) is 11.1. The largest absolute Gasteiger partial charge is 0.310 e. The summed E-state index contributed by atoms with van der Waals surface area (Å²) >= 11 is 0. The number of aromatic nitrogens is 1. The fraction of sp³-hybridized carbons (Fsp3) is 0.688. The second-order valence-corrected chi connectivity index (χ2v) is 5.75. The molecule has 0 saturated carbocycles. The molecule has 0 bridgehead atoms. The lowest BCUT2D eigenvalue weighted by molar-refractivity contribution is 0.189. The average molecular weight is 261 g/mol. The first kappa shape index (κ1) is 14.5. The number of nitrogens with zero attached hydrogens (tertiary/aromatic N) is 2. The first-order valence-electron chi connectivity index (χ1n) is 7.57. The minimum absolute atomic E-state index is 0.292. The lowest BCUT2D eigenvalue weighted by Crippen LogP contribution is -2.50. The normalized spacial score (nSPS) is 20.2. The van der Waals surface area contributed by atoms with Gasteiger partial charge < -0.3 is 5.32 Å². The highest BCUT2D eigenvalue weighted by Gasteiger charge is 2.30. The second-order valence-electron chi connectivity index (χ2n) is 5.75. The van der Waals surface area contributed by atoms with E-state index in [0.29, 0.717) is 5.54 Å². The summed E-state index contributed by atoms with van der Waals surface area (Å²) in [6, 6.07) is 6.32. The van der Waals surface area contributed by atoms with Crippen molar-refractivity contribution in [3.8, 4) is 0 Å². The molecule has 1 saturated heterocycles. The van der Waals surface area contributed by atoms with Crippen molar-refractivity contribution in [1.82, 2.24) is 15.2 Å². The van der Waals surface area contributed by atoms with Crippen LogP contribution in [0.25, 0.3) is 0 Å². The first-order valence-corrected chi connectivity index (χ1v) is 7.57. The monoisotopic (exact) mass is 261 g/mol. The molecular weight excluding hydrogens is 234 g/mol. The van der Waals surface area contributed by atoms with Gasteiger partial charge in [0.1, 0.15) is 0 Å². The maximum Gasteiger partial charge on any atom is 0.0547 e. The minimum atomic E-state index is 0.292. The summed E-state index contributed by atoms with van der Waals surface area (Å²) < 4.78 is 0. The second kappa shape index (κ2) is 6.49. The molecule has 0 spiro atoms. The smallest absolute Gasteiger partial charge is 0.0547 e. The van der Waals surface area contributed by atoms with Gasteiger partial charge in [0, 0.05) is 24.3 Å². The van der Waals surface area contributed by atoms with Crippen molar-refractivity contribution in [3.05, 3.63) is 29.6 Å². The summed E-state index contributed by atoms with van der Waals surface area (Å²) in [7, 11) is 0. The lowest BCUT2D eigenvalue weighted by atomic mass is 9.92. The predicted molar refractivity (Wildman–Crippen MR) is 80.2 cm³/mol. The summed E-state index contributed by atoms with van der Waals surface area (Å²) in [5.41, 5.74) is 2.60. The van der Waals surface area contributed by atoms with Crippen molar-refractivity contribution in [1.29, 1.82) is 0 Å². The molecular formula is C16H27N3. The summed E-state index contributed by atoms with van der Waals surface area (Å²) in [5, 5.41) is 3.76. The Balaban J connectivity index is 2.06. The van der Waals surface area contributed by atoms with Crippen molar-refractivity contribution < 1.29 is 0 Å². The van der Waals surface area contributed by atoms with Gasteiger partial charge in [0.25, 0.3) is 0 Å². The molecule has 1 aromatic rings. The molecule has 1 N–H and O–H groups in total. The zero-order valence-electron chi connectivity index (χ0n) is 12.6. The van der Waals surface area contributed by atoms with Gasteiger partial charge in [-0.25, -0.2) is 0 Å². The molecule has 2 rings (SSSR count). The molecule has 19 heavy (non-hydrogen) atoms. The van der Waals surface area contributed by atoms with E-state index in [2.05, 4.69) is 54.2 Å². The number of nitrogens with one attached hydrogen (secondary N) is 1. The zero-order valence-corrected chi connectivity index (χ0v) is 12.6. The minimum Gasteiger partial charge on any atom is -0.310 e. The number of hydrogen-bond donors (Lipinski definition) is 1. The van der Waals surface area contributed by atoms with Crippen LogP contribution in [0.3, 0.4) is 0 Å². The van der Waals surface area contributed by atoms with E-state index in [1.54, 1.807) is 0 Å². The van der Waals surface area contributed by atoms with Crippen LogP contribution in [0.2, 0.25) is 0 Å². The molecule has 2 heterocycles. The highest BCUT2D eigenvalue weighted by atomic mass is 15.2. The SMILES string of the molecule is CCC1(CC)CN(Cc2cccc(C)n2)CCCN1. The van der Waals surface area contributed by atoms with E-state index in [4.69, 9.17) is 0 Å². The molecule has 0 aromatic carbocycles. The van der Waals surface area contributed by atoms with Crippen LogP contribution in [0.1, 0.15) is 44.5 Å². The molecule has 1 aliphatic rings. The van der Waals surface area contributed by atoms with E-state index >= 15 is 0 Å². The van der Waals surface area contributed by atoms with E-state index in [9.17, 15) is 0 Å². The third-order valence-corrected chi connectivity index (χ3v) is 4.36. The molecule has 0 unspecified atom stereocenters. The average Bonchev–Trinajstić information content (AvgIpc) is 2.62. The van der Waals surface area contributed by atoms with Crippen LogP contribution < -0.4 is 5.32 Å². The van der Waals surface area contributed by atoms with Crippen LogP contribution in [0, 0.1) is 6.92 Å². The summed E-state index contributed by atoms with van der Waals surface area (Å²) in [4.78, 5) is 7.20. The molecule has 0 amide bonds. The summed E-state index contributed by atoms with van der Waals surface area (Å²) in [5.74, 6) is 0. The molecule has 3 nitrogen and oxygen atoms in total. The van der Waals surface area contributed by atoms with Crippen molar-refractivity contribution in [2.45, 2.75) is 52.1 Å². The predicted octanol–water partition coefficient (Wildman–Crippen LogP) is 2.74. The van der Waals surface area contributed by atoms with E-state index in [1.165, 1.54) is 31.5 Å². The van der Waals surface area contributed by atoms with Crippen LogP contribution >= 0.6 is 0 Å². The lowest BCUT2D eigenvalue weighted by Gasteiger charge is -2.35. The Labute approximate surface area is 117 Å². The van der Waals surface area contributed by atoms with Gasteiger partial charge in [0.2, 0.25) is 0 Å². The molecule has 1 aliphatic heterocycles. The van der Waals surface area contributed by atoms with E-state index < -0.39 is 0 Å². The quantitative estimate of drug-likeness (QED) is 0.903. The third-order valence-electron chi connectivity index (χ3n) is 4.36. The standard InChI is InChI=1S/C16H27N3/c1-4-16(5-2)13-19(11-7-10-17-16)12-15-9-6-8-14(3)18-15/h6,8-9,17H,4-5,7,10-13H2,1-3H3. The van der Waals surface area contributed by atoms with Gasteiger partial charge in [-0.3, -0.25) is 9.88 Å².